The van der Waals surface area contributed by atoms with Crippen molar-refractivity contribution in [3.8, 4) is 0 Å². The van der Waals surface area contributed by atoms with Crippen LogP contribution in [0.25, 0.3) is 5.57 Å². The Labute approximate surface area is 212 Å². The average Bonchev–Trinajstić information content (AvgIpc) is 3.49. The minimum absolute atomic E-state index is 0.115. The smallest absolute Gasteiger partial charge is 0.346 e. The zero-order valence-corrected chi connectivity index (χ0v) is 22.0. The second kappa shape index (κ2) is 9.49. The molecule has 1 amide bonds. The lowest BCUT2D eigenvalue weighted by Gasteiger charge is -2.46. The topological polar surface area (TPSA) is 82.1 Å². The highest BCUT2D eigenvalue weighted by Crippen LogP contribution is 2.56. The maximum atomic E-state index is 13.6. The summed E-state index contributed by atoms with van der Waals surface area (Å²) in [5.41, 5.74) is 2.37. The van der Waals surface area contributed by atoms with Crippen molar-refractivity contribution in [2.24, 2.45) is 0 Å². The molecule has 0 spiro atoms. The fourth-order valence-corrected chi connectivity index (χ4v) is 7.27. The Bertz CT molecular complexity index is 1130. The van der Waals surface area contributed by atoms with Crippen molar-refractivity contribution >= 4 is 69.7 Å². The van der Waals surface area contributed by atoms with Crippen LogP contribution in [0.5, 0.6) is 0 Å². The molecule has 1 saturated heterocycles. The molecule has 1 aromatic rings. The molecule has 1 atom stereocenters. The van der Waals surface area contributed by atoms with E-state index in [4.69, 9.17) is 26.4 Å². The predicted octanol–water partition coefficient (Wildman–Crippen LogP) is 4.38. The van der Waals surface area contributed by atoms with Gasteiger partial charge < -0.3 is 14.2 Å². The maximum absolute atomic E-state index is 13.6. The lowest BCUT2D eigenvalue weighted by Crippen LogP contribution is -2.58. The molecule has 0 unspecified atom stereocenters. The summed E-state index contributed by atoms with van der Waals surface area (Å²) < 4.78 is 16.2. The molecule has 3 aliphatic rings. The van der Waals surface area contributed by atoms with E-state index >= 15 is 0 Å². The molecule has 0 saturated carbocycles. The molecule has 1 aromatic carbocycles. The normalized spacial score (nSPS) is 21.6. The Hall–Kier alpha value is -2.14. The van der Waals surface area contributed by atoms with Crippen molar-refractivity contribution in [1.82, 2.24) is 0 Å². The second-order valence-corrected chi connectivity index (χ2v) is 11.3. The minimum Gasteiger partial charge on any atom is -0.465 e. The number of hydrogen-bond donors (Lipinski definition) is 0. The average molecular weight is 520 g/mol. The van der Waals surface area contributed by atoms with Gasteiger partial charge in [0.15, 0.2) is 0 Å². The molecule has 0 bridgehead atoms. The Morgan fingerprint density at radius 1 is 1.12 bits per heavy atom. The number of fused-ring (bicyclic) bond motifs is 1. The van der Waals surface area contributed by atoms with Gasteiger partial charge in [-0.15, -0.1) is 0 Å². The van der Waals surface area contributed by atoms with Crippen LogP contribution in [0, 0.1) is 6.92 Å². The molecule has 10 heteroatoms. The summed E-state index contributed by atoms with van der Waals surface area (Å²) in [6.45, 7) is 6.35. The van der Waals surface area contributed by atoms with Crippen LogP contribution in [0.2, 0.25) is 0 Å². The van der Waals surface area contributed by atoms with Gasteiger partial charge in [-0.25, -0.2) is 9.59 Å². The highest BCUT2D eigenvalue weighted by atomic mass is 32.2. The molecule has 0 radical (unpaired) electrons. The molecule has 1 fully saturated rings. The number of hydrogen-bond acceptors (Lipinski definition) is 9. The van der Waals surface area contributed by atoms with Crippen LogP contribution in [0.1, 0.15) is 37.8 Å². The van der Waals surface area contributed by atoms with E-state index in [1.54, 1.807) is 4.90 Å². The monoisotopic (exact) mass is 519 g/mol. The quantitative estimate of drug-likeness (QED) is 0.328. The number of anilines is 1. The van der Waals surface area contributed by atoms with Gasteiger partial charge in [-0.3, -0.25) is 9.69 Å². The van der Waals surface area contributed by atoms with Gasteiger partial charge in [0, 0.05) is 17.7 Å². The van der Waals surface area contributed by atoms with Crippen molar-refractivity contribution in [1.29, 1.82) is 0 Å². The minimum atomic E-state index is -0.845. The van der Waals surface area contributed by atoms with Gasteiger partial charge in [0.1, 0.15) is 15.9 Å². The summed E-state index contributed by atoms with van der Waals surface area (Å²) in [5.74, 6) is -1.35. The maximum Gasteiger partial charge on any atom is 0.346 e. The molecule has 4 rings (SSSR count). The molecule has 3 heterocycles. The van der Waals surface area contributed by atoms with Crippen LogP contribution < -0.4 is 4.90 Å². The summed E-state index contributed by atoms with van der Waals surface area (Å²) >= 11 is 8.26. The van der Waals surface area contributed by atoms with Crippen molar-refractivity contribution in [3.63, 3.8) is 0 Å². The zero-order valence-electron chi connectivity index (χ0n) is 19.6. The number of benzene rings is 1. The first-order valence-corrected chi connectivity index (χ1v) is 12.8. The molecule has 0 N–H and O–H groups in total. The summed E-state index contributed by atoms with van der Waals surface area (Å²) in [4.78, 5) is 41.1. The number of esters is 2. The Balaban J connectivity index is 1.88. The van der Waals surface area contributed by atoms with E-state index in [-0.39, 0.29) is 15.7 Å². The van der Waals surface area contributed by atoms with Crippen molar-refractivity contribution in [2.45, 2.75) is 45.3 Å². The Morgan fingerprint density at radius 3 is 2.26 bits per heavy atom. The highest BCUT2D eigenvalue weighted by Gasteiger charge is 2.48. The van der Waals surface area contributed by atoms with Crippen molar-refractivity contribution in [2.75, 3.05) is 25.7 Å². The number of thiocarbonyl (C=S) groups is 1. The predicted molar refractivity (Wildman–Crippen MR) is 137 cm³/mol. The second-order valence-electron chi connectivity index (χ2n) is 8.59. The number of thioether (sulfide) groups is 2. The van der Waals surface area contributed by atoms with Gasteiger partial charge in [-0.2, -0.15) is 0 Å². The largest absolute Gasteiger partial charge is 0.465 e. The molecular formula is C24H25NO6S3. The van der Waals surface area contributed by atoms with E-state index in [1.165, 1.54) is 14.2 Å². The first kappa shape index (κ1) is 25.0. The third-order valence-electron chi connectivity index (χ3n) is 5.97. The molecule has 0 aromatic heterocycles. The number of aryl methyl sites for hydroxylation is 1. The van der Waals surface area contributed by atoms with E-state index < -0.39 is 23.6 Å². The fourth-order valence-electron chi connectivity index (χ4n) is 4.24. The number of methoxy groups -OCH3 is 2. The van der Waals surface area contributed by atoms with Crippen LogP contribution in [-0.4, -0.2) is 55.2 Å². The van der Waals surface area contributed by atoms with Crippen LogP contribution >= 0.6 is 35.7 Å². The molecule has 34 heavy (non-hydrogen) atoms. The number of nitrogens with zero attached hydrogens (tertiary/aromatic N) is 1. The molecule has 0 aliphatic carbocycles. The van der Waals surface area contributed by atoms with Gasteiger partial charge in [0.05, 0.1) is 34.5 Å². The summed E-state index contributed by atoms with van der Waals surface area (Å²) in [7, 11) is 2.53. The van der Waals surface area contributed by atoms with Gasteiger partial charge >= 0.3 is 11.9 Å². The highest BCUT2D eigenvalue weighted by molar-refractivity contribution is 8.29. The fraction of sp³-hybridized carbons (Fsp3) is 0.417. The van der Waals surface area contributed by atoms with Gasteiger partial charge in [0.25, 0.3) is 5.91 Å². The van der Waals surface area contributed by atoms with E-state index in [0.29, 0.717) is 22.1 Å². The number of carbonyl (C=O) groups excluding carboxylic acids is 3. The van der Waals surface area contributed by atoms with Crippen molar-refractivity contribution < 1.29 is 28.6 Å². The third-order valence-corrected chi connectivity index (χ3v) is 9.23. The molecule has 180 valence electrons. The molecular weight excluding hydrogens is 494 g/mol. The first-order chi connectivity index (χ1) is 16.1. The van der Waals surface area contributed by atoms with E-state index in [9.17, 15) is 14.4 Å². The number of amides is 1. The van der Waals surface area contributed by atoms with Gasteiger partial charge in [0.2, 0.25) is 0 Å². The standard InChI is InChI=1S/C24H25NO6S3/c1-12-8-9-13-14(11-12)25(20(26)15-7-6-10-31-15)24(2,3)19(32)16(13)23-33-17(21(27)29-4)18(34-23)22(28)30-5/h8-9,11,15H,6-7,10H2,1-5H3/t15-/m0/s1. The van der Waals surface area contributed by atoms with E-state index in [2.05, 4.69) is 0 Å². The van der Waals surface area contributed by atoms with Crippen molar-refractivity contribution in [3.05, 3.63) is 43.4 Å². The molecule has 7 nitrogen and oxygen atoms in total. The number of rotatable bonds is 3. The Morgan fingerprint density at radius 2 is 1.74 bits per heavy atom. The number of ether oxygens (including phenoxy) is 3. The van der Waals surface area contributed by atoms with E-state index in [0.717, 1.165) is 52.3 Å². The summed E-state index contributed by atoms with van der Waals surface area (Å²) in [5, 5.41) is 0. The van der Waals surface area contributed by atoms with Crippen LogP contribution in [0.15, 0.2) is 32.2 Å². The Kier molecular flexibility index (Phi) is 6.97. The zero-order chi connectivity index (χ0) is 24.8. The lowest BCUT2D eigenvalue weighted by molar-refractivity contribution is -0.138. The first-order valence-electron chi connectivity index (χ1n) is 10.7. The lowest BCUT2D eigenvalue weighted by atomic mass is 9.82. The van der Waals surface area contributed by atoms with Crippen LogP contribution in [0.3, 0.4) is 0 Å². The summed E-state index contributed by atoms with van der Waals surface area (Å²) in [6.07, 6.45) is 1.02. The SMILES string of the molecule is COC(=O)C1=C(C(=O)OC)SC(=C2C(=S)C(C)(C)N(C(=O)[C@@H]3CCCO3)c3cc(C)ccc32)S1. The van der Waals surface area contributed by atoms with E-state index in [1.807, 2.05) is 39.0 Å². The van der Waals surface area contributed by atoms with Crippen LogP contribution in [0.4, 0.5) is 5.69 Å². The number of carbonyl (C=O) groups is 3. The van der Waals surface area contributed by atoms with Crippen LogP contribution in [-0.2, 0) is 28.6 Å². The van der Waals surface area contributed by atoms with Gasteiger partial charge in [-0.1, -0.05) is 47.9 Å². The molecule has 3 aliphatic heterocycles. The third kappa shape index (κ3) is 4.10. The van der Waals surface area contributed by atoms with Gasteiger partial charge in [-0.05, 0) is 45.2 Å². The summed E-state index contributed by atoms with van der Waals surface area (Å²) in [6, 6.07) is 5.85.